The number of hydrogen-bond donors (Lipinski definition) is 1. The van der Waals surface area contributed by atoms with Gasteiger partial charge in [-0.3, -0.25) is 0 Å². The van der Waals surface area contributed by atoms with Gasteiger partial charge in [-0.25, -0.2) is 0 Å². The minimum absolute atomic E-state index is 0.862. The smallest absolute Gasteiger partial charge is 0.135 e. The second kappa shape index (κ2) is 10.6. The lowest BCUT2D eigenvalue weighted by Crippen LogP contribution is -3.09. The summed E-state index contributed by atoms with van der Waals surface area (Å²) in [7, 11) is 1.76. The summed E-state index contributed by atoms with van der Waals surface area (Å²) in [6.07, 6.45) is 1.03. The molecule has 4 aromatic carbocycles. The van der Waals surface area contributed by atoms with Crippen LogP contribution in [-0.4, -0.2) is 13.7 Å². The van der Waals surface area contributed by atoms with Crippen molar-refractivity contribution in [3.8, 4) is 16.9 Å². The summed E-state index contributed by atoms with van der Waals surface area (Å²) in [5.41, 5.74) is 7.11. The van der Waals surface area contributed by atoms with E-state index in [0.29, 0.717) is 0 Å². The highest BCUT2D eigenvalue weighted by molar-refractivity contribution is 5.97. The Hall–Kier alpha value is -3.82. The summed E-state index contributed by atoms with van der Waals surface area (Å²) in [5.74, 6) is 1.85. The molecule has 1 atom stereocenters. The second-order valence-electron chi connectivity index (χ2n) is 9.13. The van der Waals surface area contributed by atoms with Crippen LogP contribution in [0.2, 0.25) is 0 Å². The average molecular weight is 463 g/mol. The lowest BCUT2D eigenvalue weighted by Gasteiger charge is -2.21. The summed E-state index contributed by atoms with van der Waals surface area (Å²) in [4.78, 5) is 1.49. The van der Waals surface area contributed by atoms with Crippen molar-refractivity contribution in [3.05, 3.63) is 126 Å². The summed E-state index contributed by atoms with van der Waals surface area (Å²) in [5, 5.41) is 1.10. The zero-order valence-corrected chi connectivity index (χ0v) is 20.5. The van der Waals surface area contributed by atoms with E-state index in [9.17, 15) is 0 Å². The largest absolute Gasteiger partial charge is 0.496 e. The van der Waals surface area contributed by atoms with Gasteiger partial charge in [0, 0.05) is 22.9 Å². The number of hydrogen-bond acceptors (Lipinski definition) is 2. The van der Waals surface area contributed by atoms with E-state index in [1.54, 1.807) is 7.11 Å². The van der Waals surface area contributed by atoms with Gasteiger partial charge in [-0.05, 0) is 30.2 Å². The standard InChI is InChI=1S/C32H31NO2/c1-24-32(27-16-10-5-11-17-27)29-21-30(34-2)28(20-31(29)35-24)23-33(22-26-14-8-4-9-15-26)19-18-25-12-6-3-7-13-25/h3-17,20-21H,18-19,22-23H2,1-2H3/p+1. The molecule has 1 N–H and O–H groups in total. The molecule has 3 heteroatoms. The number of nitrogens with one attached hydrogen (secondary N) is 1. The molecule has 0 spiro atoms. The van der Waals surface area contributed by atoms with Crippen LogP contribution in [0.15, 0.2) is 108 Å². The Morgan fingerprint density at radius 2 is 1.37 bits per heavy atom. The van der Waals surface area contributed by atoms with Crippen LogP contribution in [-0.2, 0) is 19.5 Å². The molecule has 1 heterocycles. The van der Waals surface area contributed by atoms with Crippen LogP contribution >= 0.6 is 0 Å². The molecule has 0 aliphatic heterocycles. The van der Waals surface area contributed by atoms with Crippen LogP contribution in [0.3, 0.4) is 0 Å². The number of rotatable bonds is 9. The first-order valence-electron chi connectivity index (χ1n) is 12.3. The average Bonchev–Trinajstić information content (AvgIpc) is 3.22. The van der Waals surface area contributed by atoms with E-state index >= 15 is 0 Å². The minimum atomic E-state index is 0.862. The van der Waals surface area contributed by atoms with Crippen molar-refractivity contribution < 1.29 is 14.1 Å². The van der Waals surface area contributed by atoms with Gasteiger partial charge in [0.05, 0.1) is 19.2 Å². The quantitative estimate of drug-likeness (QED) is 0.280. The zero-order chi connectivity index (χ0) is 24.0. The Morgan fingerprint density at radius 3 is 2.03 bits per heavy atom. The number of furan rings is 1. The molecule has 176 valence electrons. The highest BCUT2D eigenvalue weighted by atomic mass is 16.5. The highest BCUT2D eigenvalue weighted by Crippen LogP contribution is 2.37. The Labute approximate surface area is 207 Å². The molecule has 0 aliphatic carbocycles. The van der Waals surface area contributed by atoms with E-state index in [2.05, 4.69) is 97.1 Å². The van der Waals surface area contributed by atoms with Crippen LogP contribution in [0.4, 0.5) is 0 Å². The van der Waals surface area contributed by atoms with Crippen LogP contribution in [0.25, 0.3) is 22.1 Å². The van der Waals surface area contributed by atoms with E-state index in [4.69, 9.17) is 9.15 Å². The van der Waals surface area contributed by atoms with Crippen LogP contribution in [0.1, 0.15) is 22.5 Å². The Bertz CT molecular complexity index is 1380. The third-order valence-corrected chi connectivity index (χ3v) is 6.68. The maximum Gasteiger partial charge on any atom is 0.135 e. The van der Waals surface area contributed by atoms with E-state index < -0.39 is 0 Å². The molecule has 0 amide bonds. The molecule has 35 heavy (non-hydrogen) atoms. The lowest BCUT2D eigenvalue weighted by molar-refractivity contribution is -0.927. The van der Waals surface area contributed by atoms with Crippen molar-refractivity contribution in [3.63, 3.8) is 0 Å². The number of aryl methyl sites for hydroxylation is 1. The fourth-order valence-electron chi connectivity index (χ4n) is 4.94. The summed E-state index contributed by atoms with van der Waals surface area (Å²) in [6.45, 7) is 4.90. The zero-order valence-electron chi connectivity index (χ0n) is 20.5. The van der Waals surface area contributed by atoms with Gasteiger partial charge in [0.2, 0.25) is 0 Å². The van der Waals surface area contributed by atoms with Crippen LogP contribution in [0.5, 0.6) is 5.75 Å². The van der Waals surface area contributed by atoms with Gasteiger partial charge < -0.3 is 14.1 Å². The molecule has 3 nitrogen and oxygen atoms in total. The topological polar surface area (TPSA) is 26.8 Å². The summed E-state index contributed by atoms with van der Waals surface area (Å²) in [6, 6.07) is 36.2. The van der Waals surface area contributed by atoms with E-state index in [-0.39, 0.29) is 0 Å². The molecule has 5 rings (SSSR count). The molecular formula is C32H32NO2+. The molecule has 0 saturated heterocycles. The van der Waals surface area contributed by atoms with Gasteiger partial charge in [0.1, 0.15) is 30.2 Å². The van der Waals surface area contributed by atoms with E-state index in [1.165, 1.54) is 21.6 Å². The molecule has 0 radical (unpaired) electrons. The maximum absolute atomic E-state index is 6.26. The SMILES string of the molecule is COc1cc2c(-c3ccccc3)c(C)oc2cc1C[NH+](CCc1ccccc1)Cc1ccccc1. The molecule has 1 aromatic heterocycles. The second-order valence-corrected chi connectivity index (χ2v) is 9.13. The number of methoxy groups -OCH3 is 1. The first kappa shape index (κ1) is 22.9. The molecule has 0 fully saturated rings. The first-order chi connectivity index (χ1) is 17.2. The van der Waals surface area contributed by atoms with E-state index in [1.807, 2.05) is 13.0 Å². The van der Waals surface area contributed by atoms with Gasteiger partial charge >= 0.3 is 0 Å². The molecule has 0 bridgehead atoms. The van der Waals surface area contributed by atoms with Crippen molar-refractivity contribution in [2.75, 3.05) is 13.7 Å². The van der Waals surface area contributed by atoms with Crippen molar-refractivity contribution in [1.29, 1.82) is 0 Å². The number of benzene rings is 4. The molecule has 5 aromatic rings. The number of fused-ring (bicyclic) bond motifs is 1. The fourth-order valence-corrected chi connectivity index (χ4v) is 4.94. The minimum Gasteiger partial charge on any atom is -0.496 e. The number of ether oxygens (including phenoxy) is 1. The molecule has 0 saturated carbocycles. The highest BCUT2D eigenvalue weighted by Gasteiger charge is 2.20. The third-order valence-electron chi connectivity index (χ3n) is 6.68. The maximum atomic E-state index is 6.26. The Morgan fingerprint density at radius 1 is 0.743 bits per heavy atom. The van der Waals surface area contributed by atoms with Crippen molar-refractivity contribution in [1.82, 2.24) is 0 Å². The monoisotopic (exact) mass is 462 g/mol. The van der Waals surface area contributed by atoms with Crippen LogP contribution < -0.4 is 9.64 Å². The Balaban J connectivity index is 1.47. The van der Waals surface area contributed by atoms with Gasteiger partial charge in [-0.15, -0.1) is 0 Å². The third kappa shape index (κ3) is 5.31. The fraction of sp³-hybridized carbons (Fsp3) is 0.188. The van der Waals surface area contributed by atoms with Crippen molar-refractivity contribution in [2.45, 2.75) is 26.4 Å². The summed E-state index contributed by atoms with van der Waals surface area (Å²) >= 11 is 0. The number of quaternary nitrogens is 1. The van der Waals surface area contributed by atoms with Gasteiger partial charge in [-0.2, -0.15) is 0 Å². The first-order valence-corrected chi connectivity index (χ1v) is 12.3. The van der Waals surface area contributed by atoms with Crippen molar-refractivity contribution in [2.24, 2.45) is 0 Å². The molecule has 0 aliphatic rings. The predicted octanol–water partition coefficient (Wildman–Crippen LogP) is 6.24. The Kier molecular flexibility index (Phi) is 6.97. The normalized spacial score (nSPS) is 12.1. The van der Waals surface area contributed by atoms with Gasteiger partial charge in [0.25, 0.3) is 0 Å². The van der Waals surface area contributed by atoms with Crippen molar-refractivity contribution >= 4 is 11.0 Å². The lowest BCUT2D eigenvalue weighted by atomic mass is 10.0. The van der Waals surface area contributed by atoms with E-state index in [0.717, 1.165) is 59.7 Å². The van der Waals surface area contributed by atoms with Crippen LogP contribution in [0, 0.1) is 6.92 Å². The molecule has 1 unspecified atom stereocenters. The summed E-state index contributed by atoms with van der Waals surface area (Å²) < 4.78 is 12.2. The van der Waals surface area contributed by atoms with Gasteiger partial charge in [0.15, 0.2) is 0 Å². The molecular weight excluding hydrogens is 430 g/mol. The predicted molar refractivity (Wildman–Crippen MR) is 143 cm³/mol. The van der Waals surface area contributed by atoms with Gasteiger partial charge in [-0.1, -0.05) is 91.0 Å².